The Hall–Kier alpha value is -3.15. The van der Waals surface area contributed by atoms with Crippen LogP contribution in [0.4, 0.5) is 10.5 Å². The number of nitrogens with zero attached hydrogens (tertiary/aromatic N) is 1. The van der Waals surface area contributed by atoms with Gasteiger partial charge in [0.1, 0.15) is 13.2 Å². The number of hydrogen-bond acceptors (Lipinski definition) is 8. The summed E-state index contributed by atoms with van der Waals surface area (Å²) in [6, 6.07) is 14.9. The van der Waals surface area contributed by atoms with Crippen LogP contribution in [0.1, 0.15) is 52.0 Å². The first-order chi connectivity index (χ1) is 19.0. The largest absolute Gasteiger partial charge is 0.464 e. The van der Waals surface area contributed by atoms with E-state index in [9.17, 15) is 18.0 Å². The molecule has 40 heavy (non-hydrogen) atoms. The van der Waals surface area contributed by atoms with Gasteiger partial charge in [0.15, 0.2) is 0 Å². The van der Waals surface area contributed by atoms with Gasteiger partial charge in [0.05, 0.1) is 10.9 Å². The van der Waals surface area contributed by atoms with Gasteiger partial charge >= 0.3 is 12.1 Å². The van der Waals surface area contributed by atoms with Gasteiger partial charge in [-0.15, -0.1) is 0 Å². The Bertz CT molecular complexity index is 1140. The molecule has 0 saturated heterocycles. The molecule has 0 aromatic heterocycles. The molecule has 10 nitrogen and oxygen atoms in total. The fraction of sp³-hybridized carbons (Fsp3) is 0.517. The summed E-state index contributed by atoms with van der Waals surface area (Å²) in [6.45, 7) is 6.75. The number of anilines is 1. The average Bonchev–Trinajstić information content (AvgIpc) is 2.92. The number of nitrogens with one attached hydrogen (secondary N) is 1. The summed E-state index contributed by atoms with van der Waals surface area (Å²) < 4.78 is 39.5. The number of hydrogen-bond donors (Lipinski definition) is 3. The summed E-state index contributed by atoms with van der Waals surface area (Å²) in [4.78, 5) is 24.8. The lowest BCUT2D eigenvalue weighted by molar-refractivity contribution is -0.146. The summed E-state index contributed by atoms with van der Waals surface area (Å²) in [5.74, 6) is -0.632. The summed E-state index contributed by atoms with van der Waals surface area (Å²) in [5, 5.41) is 2.66. The summed E-state index contributed by atoms with van der Waals surface area (Å²) >= 11 is 0. The van der Waals surface area contributed by atoms with Crippen LogP contribution in [0.5, 0.6) is 0 Å². The molecule has 2 atom stereocenters. The summed E-state index contributed by atoms with van der Waals surface area (Å²) in [5.41, 5.74) is 12.8. The lowest BCUT2D eigenvalue weighted by Crippen LogP contribution is -2.45. The highest BCUT2D eigenvalue weighted by Crippen LogP contribution is 2.24. The molecule has 1 amide bonds. The number of sulfonamides is 1. The molecule has 0 heterocycles. The van der Waals surface area contributed by atoms with Gasteiger partial charge in [0.25, 0.3) is 0 Å². The molecule has 0 spiro atoms. The third-order valence-corrected chi connectivity index (χ3v) is 8.12. The molecule has 0 radical (unpaired) electrons. The topological polar surface area (TPSA) is 154 Å². The molecule has 2 unspecified atom stereocenters. The zero-order valence-electron chi connectivity index (χ0n) is 23.8. The maximum atomic E-state index is 13.6. The van der Waals surface area contributed by atoms with E-state index in [4.69, 9.17) is 20.9 Å². The van der Waals surface area contributed by atoms with Gasteiger partial charge < -0.3 is 26.3 Å². The number of unbranched alkanes of at least 4 members (excludes halogenated alkanes) is 1. The highest BCUT2D eigenvalue weighted by Gasteiger charge is 2.33. The fourth-order valence-electron chi connectivity index (χ4n) is 4.05. The van der Waals surface area contributed by atoms with Crippen molar-refractivity contribution in [3.63, 3.8) is 0 Å². The van der Waals surface area contributed by atoms with E-state index < -0.39 is 28.1 Å². The van der Waals surface area contributed by atoms with Gasteiger partial charge in [-0.2, -0.15) is 4.31 Å². The average molecular weight is 577 g/mol. The van der Waals surface area contributed by atoms with Crippen LogP contribution in [0.15, 0.2) is 59.5 Å². The number of alkyl carbamates (subject to hydrolysis) is 1. The van der Waals surface area contributed by atoms with E-state index in [1.807, 2.05) is 51.1 Å². The first kappa shape index (κ1) is 33.1. The van der Waals surface area contributed by atoms with E-state index in [0.717, 1.165) is 12.0 Å². The molecule has 0 aliphatic heterocycles. The van der Waals surface area contributed by atoms with Gasteiger partial charge in [-0.05, 0) is 61.1 Å². The smallest absolute Gasteiger partial charge is 0.407 e. The van der Waals surface area contributed by atoms with Crippen molar-refractivity contribution >= 4 is 27.8 Å². The Morgan fingerprint density at radius 2 is 1.65 bits per heavy atom. The van der Waals surface area contributed by atoms with E-state index >= 15 is 0 Å². The molecular formula is C29H44N4O6S. The normalized spacial score (nSPS) is 13.2. The number of carbonyl (C=O) groups excluding carboxylic acids is 2. The van der Waals surface area contributed by atoms with Crippen LogP contribution in [0.25, 0.3) is 0 Å². The quantitative estimate of drug-likeness (QED) is 0.146. The van der Waals surface area contributed by atoms with Crippen molar-refractivity contribution in [3.8, 4) is 0 Å². The number of carbonyl (C=O) groups is 2. The number of esters is 1. The van der Waals surface area contributed by atoms with E-state index in [1.165, 1.54) is 16.4 Å². The predicted molar refractivity (Wildman–Crippen MR) is 156 cm³/mol. The Labute approximate surface area is 238 Å². The van der Waals surface area contributed by atoms with Gasteiger partial charge in [-0.1, -0.05) is 57.5 Å². The zero-order valence-corrected chi connectivity index (χ0v) is 24.6. The Morgan fingerprint density at radius 1 is 0.975 bits per heavy atom. The van der Waals surface area contributed by atoms with Gasteiger partial charge in [0, 0.05) is 25.2 Å². The highest BCUT2D eigenvalue weighted by molar-refractivity contribution is 7.89. The maximum Gasteiger partial charge on any atom is 0.407 e. The molecule has 11 heteroatoms. The van der Waals surface area contributed by atoms with Gasteiger partial charge in [-0.3, -0.25) is 4.79 Å². The fourth-order valence-corrected chi connectivity index (χ4v) is 5.85. The van der Waals surface area contributed by atoms with Crippen molar-refractivity contribution in [2.75, 3.05) is 32.0 Å². The third kappa shape index (κ3) is 11.5. The van der Waals surface area contributed by atoms with Crippen molar-refractivity contribution in [3.05, 3.63) is 60.2 Å². The van der Waals surface area contributed by atoms with E-state index in [1.54, 1.807) is 12.1 Å². The van der Waals surface area contributed by atoms with Crippen LogP contribution < -0.4 is 16.8 Å². The van der Waals surface area contributed by atoms with E-state index in [2.05, 4.69) is 5.32 Å². The minimum atomic E-state index is -3.87. The molecule has 2 rings (SSSR count). The second-order valence-electron chi connectivity index (χ2n) is 10.4. The second kappa shape index (κ2) is 16.8. The van der Waals surface area contributed by atoms with E-state index in [-0.39, 0.29) is 49.5 Å². The highest BCUT2D eigenvalue weighted by atomic mass is 32.2. The molecule has 0 bridgehead atoms. The standard InChI is InChI=1S/C29H44N4O6S/c1-22(2)19-33(40(36,37)27-14-12-25(31)13-15-27)26(11-7-8-16-30)21-38-28(34)17-23(3)18-32-29(35)39-20-24-9-5-4-6-10-24/h4-6,9-10,12-15,22-23,26H,7-8,11,16-21,30-31H2,1-3H3,(H,32,35). The van der Waals surface area contributed by atoms with Crippen molar-refractivity contribution in [1.29, 1.82) is 0 Å². The van der Waals surface area contributed by atoms with Crippen LogP contribution >= 0.6 is 0 Å². The third-order valence-electron chi connectivity index (χ3n) is 6.19. The molecule has 2 aromatic carbocycles. The molecule has 5 N–H and O–H groups in total. The molecule has 222 valence electrons. The first-order valence-corrected chi connectivity index (χ1v) is 15.1. The van der Waals surface area contributed by atoms with E-state index in [0.29, 0.717) is 25.1 Å². The number of nitrogens with two attached hydrogens (primary N) is 2. The van der Waals surface area contributed by atoms with Crippen LogP contribution in [0, 0.1) is 11.8 Å². The number of benzene rings is 2. The van der Waals surface area contributed by atoms with Crippen LogP contribution in [-0.2, 0) is 30.9 Å². The van der Waals surface area contributed by atoms with Crippen molar-refractivity contribution in [2.45, 2.75) is 64.0 Å². The molecule has 0 fully saturated rings. The summed E-state index contributed by atoms with van der Waals surface area (Å²) in [7, 11) is -3.87. The lowest BCUT2D eigenvalue weighted by Gasteiger charge is -2.32. The maximum absolute atomic E-state index is 13.6. The molecule has 0 aliphatic rings. The van der Waals surface area contributed by atoms with Gasteiger partial charge in [0.2, 0.25) is 10.0 Å². The van der Waals surface area contributed by atoms with Crippen LogP contribution in [0.3, 0.4) is 0 Å². The van der Waals surface area contributed by atoms with Crippen molar-refractivity contribution in [1.82, 2.24) is 9.62 Å². The van der Waals surface area contributed by atoms with Gasteiger partial charge in [-0.25, -0.2) is 13.2 Å². The monoisotopic (exact) mass is 576 g/mol. The van der Waals surface area contributed by atoms with Crippen molar-refractivity contribution < 1.29 is 27.5 Å². The van der Waals surface area contributed by atoms with Crippen molar-refractivity contribution in [2.24, 2.45) is 17.6 Å². The van der Waals surface area contributed by atoms with Crippen LogP contribution in [0.2, 0.25) is 0 Å². The number of ether oxygens (including phenoxy) is 2. The number of amides is 1. The Balaban J connectivity index is 1.98. The number of nitrogen functional groups attached to an aromatic ring is 1. The Kier molecular flexibility index (Phi) is 13.9. The van der Waals surface area contributed by atoms with Crippen LogP contribution in [-0.4, -0.2) is 57.1 Å². The molecule has 0 aliphatic carbocycles. The minimum Gasteiger partial charge on any atom is -0.464 e. The molecular weight excluding hydrogens is 532 g/mol. The Morgan fingerprint density at radius 3 is 2.27 bits per heavy atom. The second-order valence-corrected chi connectivity index (χ2v) is 12.3. The zero-order chi connectivity index (χ0) is 29.5. The molecule has 2 aromatic rings. The summed E-state index contributed by atoms with van der Waals surface area (Å²) in [6.07, 6.45) is 1.40. The predicted octanol–water partition coefficient (Wildman–Crippen LogP) is 3.91. The SMILES string of the molecule is CC(C)CN(C(CCCCN)COC(=O)CC(C)CNC(=O)OCc1ccccc1)S(=O)(=O)c1ccc(N)cc1. The molecule has 0 saturated carbocycles. The first-order valence-electron chi connectivity index (χ1n) is 13.7. The number of rotatable bonds is 17. The lowest BCUT2D eigenvalue weighted by atomic mass is 10.1. The minimum absolute atomic E-state index is 0.0454.